The largest absolute Gasteiger partial charge is 0.303 e. The first-order valence-corrected chi connectivity index (χ1v) is 7.95. The fourth-order valence-electron chi connectivity index (χ4n) is 2.84. The lowest BCUT2D eigenvalue weighted by Crippen LogP contribution is -2.20. The summed E-state index contributed by atoms with van der Waals surface area (Å²) in [5, 5.41) is 7.77. The molecule has 6 nitrogen and oxygen atoms in total. The highest BCUT2D eigenvalue weighted by molar-refractivity contribution is 7.71. The zero-order chi connectivity index (χ0) is 14.7. The van der Waals surface area contributed by atoms with Crippen molar-refractivity contribution in [2.45, 2.75) is 26.3 Å². The van der Waals surface area contributed by atoms with Crippen LogP contribution in [0.2, 0.25) is 0 Å². The van der Waals surface area contributed by atoms with E-state index in [2.05, 4.69) is 15.2 Å². The summed E-state index contributed by atoms with van der Waals surface area (Å²) in [7, 11) is 1.87. The predicted molar refractivity (Wildman–Crippen MR) is 84.3 cm³/mol. The second kappa shape index (κ2) is 4.35. The lowest BCUT2D eigenvalue weighted by atomic mass is 10.2. The number of hydrogen-bond acceptors (Lipinski definition) is 5. The van der Waals surface area contributed by atoms with Gasteiger partial charge in [0.1, 0.15) is 10.7 Å². The van der Waals surface area contributed by atoms with Crippen LogP contribution in [0.4, 0.5) is 0 Å². The van der Waals surface area contributed by atoms with Crippen molar-refractivity contribution < 1.29 is 0 Å². The van der Waals surface area contributed by atoms with E-state index in [1.54, 1.807) is 4.57 Å². The van der Waals surface area contributed by atoms with Crippen LogP contribution < -0.4 is 5.56 Å². The summed E-state index contributed by atoms with van der Waals surface area (Å²) < 4.78 is 4.18. The molecule has 3 aromatic rings. The standard InChI is InChI=1S/C13H13N5OS2/c1-6-8-11(14-7-4-3-5-18(7)12(8)19)21-9(6)10-15-16-13(20)17(10)2/h3-5H2,1-2H3,(H,16,20). The Hall–Kier alpha value is -1.80. The van der Waals surface area contributed by atoms with Crippen molar-refractivity contribution in [3.8, 4) is 10.7 Å². The topological polar surface area (TPSA) is 68.5 Å². The summed E-state index contributed by atoms with van der Waals surface area (Å²) in [6, 6.07) is 0. The van der Waals surface area contributed by atoms with Gasteiger partial charge in [-0.2, -0.15) is 5.10 Å². The van der Waals surface area contributed by atoms with Crippen LogP contribution in [0.25, 0.3) is 20.9 Å². The van der Waals surface area contributed by atoms with Crippen LogP contribution in [0.15, 0.2) is 4.79 Å². The minimum absolute atomic E-state index is 0.0734. The van der Waals surface area contributed by atoms with Crippen LogP contribution in [0.1, 0.15) is 17.8 Å². The highest BCUT2D eigenvalue weighted by atomic mass is 32.1. The van der Waals surface area contributed by atoms with Gasteiger partial charge in [0.2, 0.25) is 0 Å². The normalized spacial score (nSPS) is 14.0. The number of aryl methyl sites for hydroxylation is 2. The summed E-state index contributed by atoms with van der Waals surface area (Å²) in [4.78, 5) is 19.1. The lowest BCUT2D eigenvalue weighted by Gasteiger charge is -2.02. The summed E-state index contributed by atoms with van der Waals surface area (Å²) in [6.45, 7) is 2.73. The fourth-order valence-corrected chi connectivity index (χ4v) is 4.19. The molecule has 4 rings (SSSR count). The van der Waals surface area contributed by atoms with Crippen LogP contribution in [0.5, 0.6) is 0 Å². The summed E-state index contributed by atoms with van der Waals surface area (Å²) >= 11 is 6.67. The third kappa shape index (κ3) is 1.69. The first-order chi connectivity index (χ1) is 10.1. The van der Waals surface area contributed by atoms with E-state index in [1.807, 2.05) is 18.5 Å². The molecule has 1 aliphatic rings. The Bertz CT molecular complexity index is 991. The van der Waals surface area contributed by atoms with Crippen LogP contribution in [0, 0.1) is 11.7 Å². The molecule has 0 fully saturated rings. The number of H-pyrrole nitrogens is 1. The van der Waals surface area contributed by atoms with Gasteiger partial charge in [-0.3, -0.25) is 14.5 Å². The maximum absolute atomic E-state index is 12.6. The van der Waals surface area contributed by atoms with Crippen LogP contribution in [0.3, 0.4) is 0 Å². The molecule has 108 valence electrons. The maximum Gasteiger partial charge on any atom is 0.262 e. The fraction of sp³-hybridized carbons (Fsp3) is 0.385. The minimum Gasteiger partial charge on any atom is -0.303 e. The van der Waals surface area contributed by atoms with Crippen molar-refractivity contribution in [3.05, 3.63) is 26.5 Å². The van der Waals surface area contributed by atoms with Crippen molar-refractivity contribution >= 4 is 33.8 Å². The number of nitrogens with zero attached hydrogens (tertiary/aromatic N) is 4. The van der Waals surface area contributed by atoms with Crippen LogP contribution >= 0.6 is 23.6 Å². The quantitative estimate of drug-likeness (QED) is 0.698. The second-order valence-corrected chi connectivity index (χ2v) is 6.62. The second-order valence-electron chi connectivity index (χ2n) is 5.24. The molecule has 0 aliphatic carbocycles. The van der Waals surface area contributed by atoms with Gasteiger partial charge in [0.05, 0.1) is 10.3 Å². The van der Waals surface area contributed by atoms with E-state index in [9.17, 15) is 4.79 Å². The van der Waals surface area contributed by atoms with Gasteiger partial charge in [0.25, 0.3) is 5.56 Å². The minimum atomic E-state index is 0.0734. The molecule has 0 aromatic carbocycles. The molecule has 0 atom stereocenters. The molecule has 0 unspecified atom stereocenters. The van der Waals surface area contributed by atoms with E-state index in [0.717, 1.165) is 51.7 Å². The maximum atomic E-state index is 12.6. The lowest BCUT2D eigenvalue weighted by molar-refractivity contribution is 0.719. The van der Waals surface area contributed by atoms with Gasteiger partial charge in [-0.05, 0) is 31.1 Å². The Kier molecular flexibility index (Phi) is 2.67. The predicted octanol–water partition coefficient (Wildman–Crippen LogP) is 2.17. The average Bonchev–Trinajstić information content (AvgIpc) is 3.12. The van der Waals surface area contributed by atoms with E-state index in [1.165, 1.54) is 11.3 Å². The first kappa shape index (κ1) is 12.9. The van der Waals surface area contributed by atoms with Crippen molar-refractivity contribution in [3.63, 3.8) is 0 Å². The van der Waals surface area contributed by atoms with E-state index in [0.29, 0.717) is 4.77 Å². The van der Waals surface area contributed by atoms with Crippen LogP contribution in [-0.4, -0.2) is 24.3 Å². The number of nitrogens with one attached hydrogen (secondary N) is 1. The third-order valence-electron chi connectivity index (χ3n) is 3.99. The van der Waals surface area contributed by atoms with Crippen molar-refractivity contribution in [2.75, 3.05) is 0 Å². The molecule has 0 saturated carbocycles. The summed E-state index contributed by atoms with van der Waals surface area (Å²) in [6.07, 6.45) is 1.88. The molecule has 0 spiro atoms. The summed E-state index contributed by atoms with van der Waals surface area (Å²) in [5.74, 6) is 1.65. The SMILES string of the molecule is Cc1c(-c2n[nH]c(=S)n2C)sc2nc3n(c(=O)c12)CCC3. The van der Waals surface area contributed by atoms with Crippen LogP contribution in [-0.2, 0) is 20.0 Å². The number of aromatic amines is 1. The molecule has 1 N–H and O–H groups in total. The number of thiophene rings is 1. The first-order valence-electron chi connectivity index (χ1n) is 6.72. The van der Waals surface area contributed by atoms with E-state index in [4.69, 9.17) is 12.2 Å². The molecular weight excluding hydrogens is 306 g/mol. The number of hydrogen-bond donors (Lipinski definition) is 1. The van der Waals surface area contributed by atoms with Gasteiger partial charge in [0, 0.05) is 20.0 Å². The molecule has 0 radical (unpaired) electrons. The monoisotopic (exact) mass is 319 g/mol. The molecule has 0 saturated heterocycles. The Labute approximate surface area is 129 Å². The van der Waals surface area contributed by atoms with Gasteiger partial charge in [-0.25, -0.2) is 4.98 Å². The molecule has 3 aromatic heterocycles. The third-order valence-corrected chi connectivity index (χ3v) is 5.54. The zero-order valence-electron chi connectivity index (χ0n) is 11.6. The molecule has 0 bridgehead atoms. The molecule has 8 heteroatoms. The Morgan fingerprint density at radius 2 is 2.24 bits per heavy atom. The Morgan fingerprint density at radius 3 is 2.95 bits per heavy atom. The molecule has 0 amide bonds. The van der Waals surface area contributed by atoms with E-state index >= 15 is 0 Å². The Balaban J connectivity index is 2.08. The smallest absolute Gasteiger partial charge is 0.262 e. The molecule has 4 heterocycles. The van der Waals surface area contributed by atoms with Gasteiger partial charge in [0.15, 0.2) is 10.6 Å². The number of fused-ring (bicyclic) bond motifs is 2. The highest BCUT2D eigenvalue weighted by Crippen LogP contribution is 2.35. The van der Waals surface area contributed by atoms with Crippen molar-refractivity contribution in [2.24, 2.45) is 7.05 Å². The Morgan fingerprint density at radius 1 is 1.43 bits per heavy atom. The number of rotatable bonds is 1. The molecule has 21 heavy (non-hydrogen) atoms. The van der Waals surface area contributed by atoms with Crippen molar-refractivity contribution in [1.82, 2.24) is 24.3 Å². The van der Waals surface area contributed by atoms with Gasteiger partial charge < -0.3 is 4.57 Å². The van der Waals surface area contributed by atoms with E-state index in [-0.39, 0.29) is 5.56 Å². The molecule has 1 aliphatic heterocycles. The number of aromatic nitrogens is 5. The zero-order valence-corrected chi connectivity index (χ0v) is 13.3. The van der Waals surface area contributed by atoms with E-state index < -0.39 is 0 Å². The summed E-state index contributed by atoms with van der Waals surface area (Å²) in [5.41, 5.74) is 1.01. The van der Waals surface area contributed by atoms with Gasteiger partial charge in [-0.1, -0.05) is 0 Å². The van der Waals surface area contributed by atoms with Gasteiger partial charge >= 0.3 is 0 Å². The van der Waals surface area contributed by atoms with Gasteiger partial charge in [-0.15, -0.1) is 11.3 Å². The highest BCUT2D eigenvalue weighted by Gasteiger charge is 2.22. The molecular formula is C13H13N5OS2. The van der Waals surface area contributed by atoms with Crippen molar-refractivity contribution in [1.29, 1.82) is 0 Å². The average molecular weight is 319 g/mol.